The lowest BCUT2D eigenvalue weighted by Crippen LogP contribution is -2.54. The summed E-state index contributed by atoms with van der Waals surface area (Å²) in [5, 5.41) is 39.1. The van der Waals surface area contributed by atoms with E-state index in [1.165, 1.54) is 103 Å². The van der Waals surface area contributed by atoms with Crippen molar-refractivity contribution in [2.75, 3.05) is 110 Å². The number of carboxylic acids is 1. The van der Waals surface area contributed by atoms with Gasteiger partial charge in [-0.25, -0.2) is 55.3 Å². The number of aromatic nitrogens is 2. The molecule has 8 rings (SSSR count). The summed E-state index contributed by atoms with van der Waals surface area (Å²) in [5.41, 5.74) is 8.20. The van der Waals surface area contributed by atoms with Crippen LogP contribution in [0.4, 0.5) is 72.8 Å². The summed E-state index contributed by atoms with van der Waals surface area (Å²) in [6, 6.07) is 26.4. The number of hydrogen-bond acceptors (Lipinski definition) is 21. The van der Waals surface area contributed by atoms with E-state index in [1.54, 1.807) is 44.2 Å². The van der Waals surface area contributed by atoms with Gasteiger partial charge in [-0.05, 0) is 146 Å². The number of amides is 12. The SMILES string of the molecule is CCCNC(=O)Nc1cccc(S(=O)(=O)Nc2cccc(C(CC(=O)O)NC(=O)Nc3ccc(NC(=O)NCCOCCOCCOCCC(=O)NC(C(=O)NC(CCCNC(N)=O)C(=O)Nc4ccc(COC(=O)N=S(C)(=O)Cc5cc6cc(c5)OCCCCOc5cc(F)ccc5-c5nc(ncc5F)N6)cc4)C(C)C)cc3)c2)c1. The van der Waals surface area contributed by atoms with E-state index in [1.807, 2.05) is 6.92 Å². The zero-order chi connectivity index (χ0) is 83.6. The van der Waals surface area contributed by atoms with Gasteiger partial charge in [-0.1, -0.05) is 51.1 Å². The number of urea groups is 4. The van der Waals surface area contributed by atoms with Crippen LogP contribution in [0.5, 0.6) is 11.5 Å². The van der Waals surface area contributed by atoms with Crippen molar-refractivity contribution in [1.82, 2.24) is 41.9 Å². The summed E-state index contributed by atoms with van der Waals surface area (Å²) >= 11 is 0. The smallest absolute Gasteiger partial charge is 0.442 e. The van der Waals surface area contributed by atoms with Crippen molar-refractivity contribution in [2.45, 2.75) is 101 Å². The molecule has 0 spiro atoms. The molecule has 1 aliphatic heterocycles. The van der Waals surface area contributed by atoms with Gasteiger partial charge in [0.05, 0.1) is 91.9 Å². The number of nitrogens with one attached hydrogen (secondary N) is 12. The molecule has 7 aromatic rings. The van der Waals surface area contributed by atoms with Crippen LogP contribution in [0, 0.1) is 17.6 Å². The number of sulfonamides is 1. The van der Waals surface area contributed by atoms with Crippen LogP contribution in [0.2, 0.25) is 0 Å². The number of anilines is 7. The largest absolute Gasteiger partial charge is 0.494 e. The molecular formula is C77H94F2N16O19S2. The Hall–Kier alpha value is -12.3. The highest BCUT2D eigenvalue weighted by atomic mass is 32.2. The van der Waals surface area contributed by atoms with Crippen LogP contribution in [0.15, 0.2) is 149 Å². The number of carboxylic acid groups (broad SMARTS) is 1. The van der Waals surface area contributed by atoms with E-state index in [0.717, 1.165) is 12.3 Å². The van der Waals surface area contributed by atoms with Crippen LogP contribution < -0.4 is 78.4 Å². The molecule has 0 saturated carbocycles. The first kappa shape index (κ1) is 89.2. The van der Waals surface area contributed by atoms with Crippen molar-refractivity contribution in [2.24, 2.45) is 16.0 Å². The number of carbonyl (C=O) groups excluding carboxylic acids is 8. The minimum absolute atomic E-state index is 0.0135. The molecule has 39 heteroatoms. The van der Waals surface area contributed by atoms with Crippen LogP contribution in [0.1, 0.15) is 88.4 Å². The van der Waals surface area contributed by atoms with Gasteiger partial charge in [0.25, 0.3) is 10.0 Å². The number of hydrogen-bond donors (Lipinski definition) is 14. The number of nitrogens with zero attached hydrogens (tertiary/aromatic N) is 3. The van der Waals surface area contributed by atoms with Crippen LogP contribution in [-0.4, -0.2) is 172 Å². The van der Waals surface area contributed by atoms with Crippen molar-refractivity contribution in [3.63, 3.8) is 0 Å². The number of rotatable bonds is 38. The van der Waals surface area contributed by atoms with E-state index in [4.69, 9.17) is 34.2 Å². The maximum absolute atomic E-state index is 15.2. The second-order valence-corrected chi connectivity index (χ2v) is 30.7. The van der Waals surface area contributed by atoms with Gasteiger partial charge in [0.2, 0.25) is 23.7 Å². The third-order valence-electron chi connectivity index (χ3n) is 16.7. The minimum Gasteiger partial charge on any atom is -0.494 e. The van der Waals surface area contributed by atoms with Gasteiger partial charge in [0.1, 0.15) is 41.7 Å². The number of benzene rings is 6. The Morgan fingerprint density at radius 2 is 1.30 bits per heavy atom. The lowest BCUT2D eigenvalue weighted by atomic mass is 10.0. The highest BCUT2D eigenvalue weighted by molar-refractivity contribution is 7.93. The van der Waals surface area contributed by atoms with Crippen LogP contribution >= 0.6 is 0 Å². The summed E-state index contributed by atoms with van der Waals surface area (Å²) in [7, 11) is -7.48. The Morgan fingerprint density at radius 3 is 2.00 bits per heavy atom. The molecule has 0 saturated heterocycles. The molecule has 4 bridgehead atoms. The molecule has 35 nitrogen and oxygen atoms in total. The van der Waals surface area contributed by atoms with Gasteiger partial charge in [-0.2, -0.15) is 0 Å². The van der Waals surface area contributed by atoms with E-state index in [-0.39, 0.29) is 142 Å². The van der Waals surface area contributed by atoms with Gasteiger partial charge < -0.3 is 97.7 Å². The fraction of sp³-hybridized carbons (Fsp3) is 0.364. The number of halogens is 2. The van der Waals surface area contributed by atoms with Crippen molar-refractivity contribution >= 4 is 114 Å². The zero-order valence-corrected chi connectivity index (χ0v) is 65.7. The number of ether oxygens (including phenoxy) is 6. The molecule has 6 aromatic carbocycles. The quantitative estimate of drug-likeness (QED) is 0.0160. The molecule has 2 heterocycles. The third kappa shape index (κ3) is 30.9. The van der Waals surface area contributed by atoms with Crippen LogP contribution in [0.3, 0.4) is 0 Å². The molecule has 0 fully saturated rings. The summed E-state index contributed by atoms with van der Waals surface area (Å²) in [6.07, 6.45) is 2.48. The molecule has 12 amide bonds. The van der Waals surface area contributed by atoms with Crippen LogP contribution in [-0.2, 0) is 70.2 Å². The molecule has 4 unspecified atom stereocenters. The molecule has 622 valence electrons. The summed E-state index contributed by atoms with van der Waals surface area (Å²) in [4.78, 5) is 123. The normalized spacial score (nSPS) is 13.1. The van der Waals surface area contributed by atoms with Gasteiger partial charge in [-0.3, -0.25) is 23.9 Å². The minimum atomic E-state index is -4.19. The second-order valence-electron chi connectivity index (χ2n) is 26.6. The van der Waals surface area contributed by atoms with E-state index < -0.39 is 116 Å². The standard InChI is InChI=1S/C77H94F2N16O19S2/c1-5-27-82-74(102)89-56-12-9-14-60(43-56)116(107,108)94-57-13-8-11-51(40-57)64(44-67(97)98)91-76(104)88-55-23-21-54(22-24-55)87-75(103)83-29-33-110-35-37-111-36-34-109-32-26-66(96)92-68(48(2)3)71(100)90-63(15-10-28-81-72(80)101)70(99)85-53-19-16-49(17-20-53)46-114-77(105)95-115(4,106)47-50-38-58-42-59(39-50)112-30-6-7-31-113-65-41-52(78)18-25-61(65)69-62(79)45-84-73(86-58)93-69/h8-9,11-14,16-25,38-43,45,48,63-64,68,94H,5-7,10,15,26-37,44,46-47H2,1-4H3,(H,85,99)(H,90,100)(H,92,96)(H,97,98)(H3,80,81,101)(H2,82,89,102)(H2,83,87,103)(H,84,86,93)(H2,88,91,104). The van der Waals surface area contributed by atoms with Crippen molar-refractivity contribution in [3.05, 3.63) is 168 Å². The van der Waals surface area contributed by atoms with E-state index in [9.17, 15) is 65.3 Å². The first-order valence-electron chi connectivity index (χ1n) is 36.9. The molecule has 0 aliphatic carbocycles. The highest BCUT2D eigenvalue weighted by Gasteiger charge is 2.30. The first-order valence-corrected chi connectivity index (χ1v) is 40.5. The topological polar surface area (TPSA) is 489 Å². The Kier molecular flexibility index (Phi) is 34.6. The van der Waals surface area contributed by atoms with Crippen molar-refractivity contribution in [1.29, 1.82) is 0 Å². The third-order valence-corrected chi connectivity index (χ3v) is 19.5. The average Bonchev–Trinajstić information content (AvgIpc) is 0.878. The van der Waals surface area contributed by atoms with Gasteiger partial charge >= 0.3 is 36.2 Å². The molecule has 1 aliphatic rings. The molecule has 116 heavy (non-hydrogen) atoms. The Morgan fingerprint density at radius 1 is 0.655 bits per heavy atom. The Balaban J connectivity index is 0.700. The lowest BCUT2D eigenvalue weighted by molar-refractivity contribution is -0.137. The number of carbonyl (C=O) groups is 9. The van der Waals surface area contributed by atoms with E-state index in [2.05, 4.69) is 77.5 Å². The van der Waals surface area contributed by atoms with E-state index in [0.29, 0.717) is 65.4 Å². The number of primary amides is 1. The summed E-state index contributed by atoms with van der Waals surface area (Å²) < 4.78 is 110. The summed E-state index contributed by atoms with van der Waals surface area (Å²) in [6.45, 7) is 6.88. The van der Waals surface area contributed by atoms with Crippen LogP contribution in [0.25, 0.3) is 11.3 Å². The van der Waals surface area contributed by atoms with E-state index >= 15 is 4.39 Å². The lowest BCUT2D eigenvalue weighted by Gasteiger charge is -2.25. The maximum atomic E-state index is 15.2. The fourth-order valence-corrected chi connectivity index (χ4v) is 13.5. The highest BCUT2D eigenvalue weighted by Crippen LogP contribution is 2.34. The molecule has 15 N–H and O–H groups in total. The second kappa shape index (κ2) is 44.9. The Labute approximate surface area is 668 Å². The predicted octanol–water partition coefficient (Wildman–Crippen LogP) is 9.60. The molecule has 0 radical (unpaired) electrons. The molecule has 4 atom stereocenters. The van der Waals surface area contributed by atoms with Gasteiger partial charge in [-0.15, -0.1) is 4.36 Å². The van der Waals surface area contributed by atoms with Crippen molar-refractivity contribution < 1.29 is 98.1 Å². The Bertz CT molecular complexity index is 4810. The number of fused-ring (bicyclic) bond motifs is 6. The van der Waals surface area contributed by atoms with Gasteiger partial charge in [0.15, 0.2) is 5.82 Å². The average molecular weight is 1650 g/mol. The zero-order valence-electron chi connectivity index (χ0n) is 64.0. The number of aliphatic carboxylic acids is 1. The summed E-state index contributed by atoms with van der Waals surface area (Å²) in [5.74, 6) is -4.56. The first-order chi connectivity index (χ1) is 55.5. The van der Waals surface area contributed by atoms with Gasteiger partial charge in [0, 0.05) is 84.1 Å². The number of nitrogens with two attached hydrogens (primary N) is 1. The van der Waals surface area contributed by atoms with Crippen molar-refractivity contribution in [3.8, 4) is 22.8 Å². The predicted molar refractivity (Wildman–Crippen MR) is 427 cm³/mol. The molecular weight excluding hydrogens is 1560 g/mol. The fourth-order valence-electron chi connectivity index (χ4n) is 11.1. The monoisotopic (exact) mass is 1650 g/mol. The molecule has 1 aromatic heterocycles. The maximum Gasteiger partial charge on any atom is 0.442 e.